The van der Waals surface area contributed by atoms with Crippen molar-refractivity contribution in [3.63, 3.8) is 0 Å². The maximum Gasteiger partial charge on any atom is 0.0624 e. The van der Waals surface area contributed by atoms with Crippen LogP contribution in [0.25, 0.3) is 0 Å². The Balaban J connectivity index is 1.99. The van der Waals surface area contributed by atoms with E-state index in [2.05, 4.69) is 36.3 Å². The molecule has 2 atom stereocenters. The van der Waals surface area contributed by atoms with E-state index in [1.54, 1.807) is 0 Å². The van der Waals surface area contributed by atoms with Gasteiger partial charge in [-0.05, 0) is 36.8 Å². The Hall–Kier alpha value is -1.28. The van der Waals surface area contributed by atoms with E-state index in [0.717, 1.165) is 12.8 Å². The molecule has 1 aliphatic rings. The number of halogens is 1. The second-order valence-electron chi connectivity index (χ2n) is 5.13. The van der Waals surface area contributed by atoms with Crippen molar-refractivity contribution >= 4 is 11.6 Å². The molecule has 3 heteroatoms. The fraction of sp³-hybridized carbons (Fsp3) is 0.400. The molecule has 0 spiro atoms. The van der Waals surface area contributed by atoms with E-state index >= 15 is 0 Å². The minimum absolute atomic E-state index is 0.0899. The Morgan fingerprint density at radius 3 is 2.83 bits per heavy atom. The van der Waals surface area contributed by atoms with Crippen LogP contribution in [0.5, 0.6) is 0 Å². The van der Waals surface area contributed by atoms with Gasteiger partial charge in [0, 0.05) is 18.3 Å². The Kier molecular flexibility index (Phi) is 2.90. The maximum absolute atomic E-state index is 6.50. The van der Waals surface area contributed by atoms with Gasteiger partial charge >= 0.3 is 0 Å². The molecule has 0 saturated heterocycles. The number of hydrogen-bond acceptors (Lipinski definition) is 1. The topological polar surface area (TPSA) is 17.8 Å². The summed E-state index contributed by atoms with van der Waals surface area (Å²) in [7, 11) is 2.00. The summed E-state index contributed by atoms with van der Waals surface area (Å²) in [5, 5.41) is 4.42. The molecular formula is C15H17ClN2. The molecule has 2 aromatic rings. The second kappa shape index (κ2) is 4.43. The van der Waals surface area contributed by atoms with Gasteiger partial charge in [0.1, 0.15) is 0 Å². The van der Waals surface area contributed by atoms with Crippen LogP contribution in [0, 0.1) is 6.92 Å². The van der Waals surface area contributed by atoms with Gasteiger partial charge in [0.2, 0.25) is 0 Å². The lowest BCUT2D eigenvalue weighted by Gasteiger charge is -2.27. The van der Waals surface area contributed by atoms with Crippen LogP contribution in [0.1, 0.15) is 40.1 Å². The number of rotatable bonds is 1. The first kappa shape index (κ1) is 11.8. The van der Waals surface area contributed by atoms with Crippen LogP contribution >= 0.6 is 11.6 Å². The zero-order valence-electron chi connectivity index (χ0n) is 10.7. The zero-order chi connectivity index (χ0) is 12.7. The highest BCUT2D eigenvalue weighted by molar-refractivity contribution is 6.21. The van der Waals surface area contributed by atoms with Gasteiger partial charge in [-0.3, -0.25) is 4.68 Å². The van der Waals surface area contributed by atoms with Crippen molar-refractivity contribution in [1.29, 1.82) is 0 Å². The molecule has 2 unspecified atom stereocenters. The molecule has 0 saturated carbocycles. The van der Waals surface area contributed by atoms with E-state index in [0.29, 0.717) is 5.92 Å². The van der Waals surface area contributed by atoms with Gasteiger partial charge in [0.15, 0.2) is 0 Å². The van der Waals surface area contributed by atoms with E-state index in [4.69, 9.17) is 11.6 Å². The molecule has 0 radical (unpaired) electrons. The summed E-state index contributed by atoms with van der Waals surface area (Å²) in [6.45, 7) is 2.18. The van der Waals surface area contributed by atoms with Gasteiger partial charge in [-0.15, -0.1) is 11.6 Å². The molecule has 0 fully saturated rings. The molecule has 0 aliphatic heterocycles. The van der Waals surface area contributed by atoms with Crippen molar-refractivity contribution in [2.24, 2.45) is 7.05 Å². The first-order valence-corrected chi connectivity index (χ1v) is 6.81. The Labute approximate surface area is 113 Å². The van der Waals surface area contributed by atoms with Crippen molar-refractivity contribution in [1.82, 2.24) is 9.78 Å². The van der Waals surface area contributed by atoms with Crippen LogP contribution in [0.4, 0.5) is 0 Å². The third kappa shape index (κ3) is 1.85. The summed E-state index contributed by atoms with van der Waals surface area (Å²) in [6.07, 6.45) is 3.96. The van der Waals surface area contributed by atoms with Crippen molar-refractivity contribution in [2.45, 2.75) is 31.1 Å². The van der Waals surface area contributed by atoms with Crippen LogP contribution in [-0.4, -0.2) is 9.78 Å². The normalized spacial score (nSPS) is 22.8. The predicted molar refractivity (Wildman–Crippen MR) is 74.0 cm³/mol. The van der Waals surface area contributed by atoms with Crippen molar-refractivity contribution in [3.8, 4) is 0 Å². The van der Waals surface area contributed by atoms with E-state index in [9.17, 15) is 0 Å². The smallest absolute Gasteiger partial charge is 0.0624 e. The van der Waals surface area contributed by atoms with Crippen molar-refractivity contribution < 1.29 is 0 Å². The highest BCUT2D eigenvalue weighted by Gasteiger charge is 2.29. The predicted octanol–water partition coefficient (Wildman–Crippen LogP) is 3.74. The lowest BCUT2D eigenvalue weighted by atomic mass is 9.81. The monoisotopic (exact) mass is 260 g/mol. The van der Waals surface area contributed by atoms with Gasteiger partial charge in [-0.2, -0.15) is 5.10 Å². The first-order valence-electron chi connectivity index (χ1n) is 6.37. The van der Waals surface area contributed by atoms with Crippen LogP contribution in [0.3, 0.4) is 0 Å². The third-order valence-electron chi connectivity index (χ3n) is 3.99. The molecule has 1 aliphatic carbocycles. The maximum atomic E-state index is 6.50. The highest BCUT2D eigenvalue weighted by atomic mass is 35.5. The molecule has 0 N–H and O–H groups in total. The van der Waals surface area contributed by atoms with Gasteiger partial charge in [0.25, 0.3) is 0 Å². The minimum atomic E-state index is 0.0899. The summed E-state index contributed by atoms with van der Waals surface area (Å²) < 4.78 is 1.97. The van der Waals surface area contributed by atoms with Gasteiger partial charge in [-0.1, -0.05) is 24.3 Å². The Morgan fingerprint density at radius 1 is 1.28 bits per heavy atom. The average Bonchev–Trinajstić information content (AvgIpc) is 2.72. The van der Waals surface area contributed by atoms with E-state index in [1.165, 1.54) is 22.4 Å². The molecule has 0 amide bonds. The van der Waals surface area contributed by atoms with Gasteiger partial charge < -0.3 is 0 Å². The standard InChI is InChI=1S/C15H17ClN2/c1-10-5-3-4-6-12(10)11-7-14(16)13-9-17-18(2)15(13)8-11/h3-6,9,11,14H,7-8H2,1-2H3. The van der Waals surface area contributed by atoms with Crippen molar-refractivity contribution in [2.75, 3.05) is 0 Å². The Bertz CT molecular complexity index is 574. The van der Waals surface area contributed by atoms with Crippen LogP contribution < -0.4 is 0 Å². The Morgan fingerprint density at radius 2 is 2.06 bits per heavy atom. The van der Waals surface area contributed by atoms with Crippen LogP contribution in [0.2, 0.25) is 0 Å². The summed E-state index contributed by atoms with van der Waals surface area (Å²) in [5.41, 5.74) is 5.28. The number of benzene rings is 1. The summed E-state index contributed by atoms with van der Waals surface area (Å²) >= 11 is 6.50. The molecule has 94 valence electrons. The second-order valence-corrected chi connectivity index (χ2v) is 5.66. The summed E-state index contributed by atoms with van der Waals surface area (Å²) in [4.78, 5) is 0. The summed E-state index contributed by atoms with van der Waals surface area (Å²) in [6, 6.07) is 8.61. The zero-order valence-corrected chi connectivity index (χ0v) is 11.5. The van der Waals surface area contributed by atoms with Gasteiger partial charge in [0.05, 0.1) is 11.6 Å². The van der Waals surface area contributed by atoms with E-state index < -0.39 is 0 Å². The fourth-order valence-electron chi connectivity index (χ4n) is 2.97. The number of hydrogen-bond donors (Lipinski definition) is 0. The number of aromatic nitrogens is 2. The number of nitrogens with zero attached hydrogens (tertiary/aromatic N) is 2. The quantitative estimate of drug-likeness (QED) is 0.715. The lowest BCUT2D eigenvalue weighted by molar-refractivity contribution is 0.541. The highest BCUT2D eigenvalue weighted by Crippen LogP contribution is 2.42. The average molecular weight is 261 g/mol. The van der Waals surface area contributed by atoms with E-state index in [1.807, 2.05) is 17.9 Å². The molecule has 2 nitrogen and oxygen atoms in total. The largest absolute Gasteiger partial charge is 0.272 e. The van der Waals surface area contributed by atoms with Crippen LogP contribution in [0.15, 0.2) is 30.5 Å². The molecule has 1 aromatic carbocycles. The molecule has 1 heterocycles. The first-order chi connectivity index (χ1) is 8.66. The van der Waals surface area contributed by atoms with E-state index in [-0.39, 0.29) is 5.38 Å². The molecule has 3 rings (SSSR count). The number of aryl methyl sites for hydroxylation is 2. The number of alkyl halides is 1. The van der Waals surface area contributed by atoms with Crippen molar-refractivity contribution in [3.05, 3.63) is 52.8 Å². The van der Waals surface area contributed by atoms with Crippen LogP contribution in [-0.2, 0) is 13.5 Å². The molecule has 18 heavy (non-hydrogen) atoms. The lowest BCUT2D eigenvalue weighted by Crippen LogP contribution is -2.17. The summed E-state index contributed by atoms with van der Waals surface area (Å²) in [5.74, 6) is 0.511. The van der Waals surface area contributed by atoms with Gasteiger partial charge in [-0.25, -0.2) is 0 Å². The fourth-order valence-corrected chi connectivity index (χ4v) is 3.36. The third-order valence-corrected chi connectivity index (χ3v) is 4.40. The number of fused-ring (bicyclic) bond motifs is 1. The molecule has 1 aromatic heterocycles. The molecule has 0 bridgehead atoms. The SMILES string of the molecule is Cc1ccccc1C1Cc2c(cnn2C)C(Cl)C1. The minimum Gasteiger partial charge on any atom is -0.272 e. The molecular weight excluding hydrogens is 244 g/mol.